The van der Waals surface area contributed by atoms with Crippen molar-refractivity contribution < 1.29 is 33.8 Å². The third-order valence-electron chi connectivity index (χ3n) is 7.08. The summed E-state index contributed by atoms with van der Waals surface area (Å²) in [7, 11) is 0. The van der Waals surface area contributed by atoms with Gasteiger partial charge in [-0.25, -0.2) is 9.59 Å². The zero-order chi connectivity index (χ0) is 28.9. The molecule has 40 heavy (non-hydrogen) atoms. The fourth-order valence-corrected chi connectivity index (χ4v) is 5.18. The van der Waals surface area contributed by atoms with E-state index in [1.807, 2.05) is 74.2 Å². The Hall–Kier alpha value is -3.92. The Labute approximate surface area is 234 Å². The van der Waals surface area contributed by atoms with Crippen molar-refractivity contribution in [1.29, 1.82) is 0 Å². The summed E-state index contributed by atoms with van der Waals surface area (Å²) in [6, 6.07) is 14.6. The van der Waals surface area contributed by atoms with Crippen molar-refractivity contribution in [3.05, 3.63) is 59.7 Å². The molecule has 2 aromatic carbocycles. The van der Waals surface area contributed by atoms with Gasteiger partial charge in [-0.15, -0.1) is 0 Å². The second-order valence-corrected chi connectivity index (χ2v) is 11.1. The molecule has 10 nitrogen and oxygen atoms in total. The number of nitrogens with zero attached hydrogens (tertiary/aromatic N) is 2. The lowest BCUT2D eigenvalue weighted by molar-refractivity contribution is -0.156. The SMILES string of the molecule is CC(C)(C)OC(=O)CN1CCN(C(=O)CCC(NC(=O)OCC2c3ccccc3-c3ccccc32)C(=O)O)CC1. The van der Waals surface area contributed by atoms with Gasteiger partial charge in [0.25, 0.3) is 0 Å². The van der Waals surface area contributed by atoms with Gasteiger partial charge in [-0.2, -0.15) is 0 Å². The monoisotopic (exact) mass is 551 g/mol. The highest BCUT2D eigenvalue weighted by atomic mass is 16.6. The van der Waals surface area contributed by atoms with E-state index in [1.165, 1.54) is 0 Å². The number of piperazine rings is 1. The number of hydrogen-bond donors (Lipinski definition) is 2. The maximum absolute atomic E-state index is 12.7. The van der Waals surface area contributed by atoms with E-state index in [-0.39, 0.29) is 43.8 Å². The lowest BCUT2D eigenvalue weighted by atomic mass is 9.98. The van der Waals surface area contributed by atoms with Gasteiger partial charge >= 0.3 is 18.0 Å². The number of carboxylic acid groups (broad SMARTS) is 1. The van der Waals surface area contributed by atoms with Crippen LogP contribution < -0.4 is 5.32 Å². The normalized spacial score (nSPS) is 16.0. The van der Waals surface area contributed by atoms with Gasteiger partial charge in [-0.3, -0.25) is 14.5 Å². The molecule has 0 radical (unpaired) electrons. The summed E-state index contributed by atoms with van der Waals surface area (Å²) in [5.74, 6) is -1.88. The quantitative estimate of drug-likeness (QED) is 0.455. The van der Waals surface area contributed by atoms with Crippen LogP contribution in [0.5, 0.6) is 0 Å². The van der Waals surface area contributed by atoms with Gasteiger partial charge in [0.1, 0.15) is 18.2 Å². The molecule has 1 saturated heterocycles. The maximum atomic E-state index is 12.7. The predicted molar refractivity (Wildman–Crippen MR) is 148 cm³/mol. The Bertz CT molecular complexity index is 1200. The largest absolute Gasteiger partial charge is 0.480 e. The van der Waals surface area contributed by atoms with E-state index in [0.717, 1.165) is 22.3 Å². The topological polar surface area (TPSA) is 125 Å². The fraction of sp³-hybridized carbons (Fsp3) is 0.467. The molecule has 0 aromatic heterocycles. The number of nitrogens with one attached hydrogen (secondary N) is 1. The summed E-state index contributed by atoms with van der Waals surface area (Å²) in [5, 5.41) is 12.0. The molecule has 10 heteroatoms. The third-order valence-corrected chi connectivity index (χ3v) is 7.08. The molecule has 1 unspecified atom stereocenters. The zero-order valence-corrected chi connectivity index (χ0v) is 23.2. The highest BCUT2D eigenvalue weighted by molar-refractivity contribution is 5.82. The first-order chi connectivity index (χ1) is 19.0. The van der Waals surface area contributed by atoms with Crippen LogP contribution in [0.25, 0.3) is 11.1 Å². The zero-order valence-electron chi connectivity index (χ0n) is 23.2. The molecule has 214 valence electrons. The van der Waals surface area contributed by atoms with Gasteiger partial charge in [0.15, 0.2) is 0 Å². The number of ether oxygens (including phenoxy) is 2. The summed E-state index contributed by atoms with van der Waals surface area (Å²) in [4.78, 5) is 52.7. The Kier molecular flexibility index (Phi) is 9.09. The molecular weight excluding hydrogens is 514 g/mol. The molecule has 4 rings (SSSR count). The minimum atomic E-state index is -1.26. The molecule has 2 aromatic rings. The van der Waals surface area contributed by atoms with Crippen molar-refractivity contribution in [3.8, 4) is 11.1 Å². The molecule has 1 aliphatic carbocycles. The number of amides is 2. The lowest BCUT2D eigenvalue weighted by Crippen LogP contribution is -2.50. The van der Waals surface area contributed by atoms with Gasteiger partial charge < -0.3 is 24.8 Å². The average Bonchev–Trinajstić information content (AvgIpc) is 3.22. The van der Waals surface area contributed by atoms with Crippen molar-refractivity contribution in [3.63, 3.8) is 0 Å². The first kappa shape index (κ1) is 29.1. The average molecular weight is 552 g/mol. The van der Waals surface area contributed by atoms with Crippen LogP contribution in [0, 0.1) is 0 Å². The smallest absolute Gasteiger partial charge is 0.407 e. The number of alkyl carbamates (subject to hydrolysis) is 1. The van der Waals surface area contributed by atoms with Gasteiger partial charge in [-0.05, 0) is 49.4 Å². The van der Waals surface area contributed by atoms with E-state index in [1.54, 1.807) is 4.90 Å². The van der Waals surface area contributed by atoms with E-state index >= 15 is 0 Å². The number of carbonyl (C=O) groups is 4. The van der Waals surface area contributed by atoms with E-state index in [9.17, 15) is 24.3 Å². The summed E-state index contributed by atoms with van der Waals surface area (Å²) in [5.41, 5.74) is 3.76. The molecule has 1 fully saturated rings. The Morgan fingerprint density at radius 1 is 0.950 bits per heavy atom. The minimum Gasteiger partial charge on any atom is -0.480 e. The number of fused-ring (bicyclic) bond motifs is 3. The van der Waals surface area contributed by atoms with Crippen molar-refractivity contribution in [2.75, 3.05) is 39.3 Å². The second kappa shape index (κ2) is 12.5. The molecule has 2 aliphatic rings. The van der Waals surface area contributed by atoms with Gasteiger partial charge in [0, 0.05) is 38.5 Å². The lowest BCUT2D eigenvalue weighted by Gasteiger charge is -2.34. The van der Waals surface area contributed by atoms with Crippen molar-refractivity contribution in [1.82, 2.24) is 15.1 Å². The van der Waals surface area contributed by atoms with Gasteiger partial charge in [-0.1, -0.05) is 48.5 Å². The number of rotatable bonds is 9. The highest BCUT2D eigenvalue weighted by Crippen LogP contribution is 2.44. The molecule has 0 bridgehead atoms. The summed E-state index contributed by atoms with van der Waals surface area (Å²) >= 11 is 0. The Morgan fingerprint density at radius 3 is 2.08 bits per heavy atom. The molecule has 1 heterocycles. The molecule has 0 saturated carbocycles. The Balaban J connectivity index is 1.23. The number of carbonyl (C=O) groups excluding carboxylic acids is 3. The molecule has 2 N–H and O–H groups in total. The number of esters is 1. The number of hydrogen-bond acceptors (Lipinski definition) is 7. The molecular formula is C30H37N3O7. The van der Waals surface area contributed by atoms with Crippen LogP contribution in [0.4, 0.5) is 4.79 Å². The summed E-state index contributed by atoms with van der Waals surface area (Å²) < 4.78 is 10.8. The molecule has 1 atom stereocenters. The van der Waals surface area contributed by atoms with Crippen LogP contribution in [0.3, 0.4) is 0 Å². The van der Waals surface area contributed by atoms with Crippen LogP contribution in [-0.4, -0.2) is 89.8 Å². The first-order valence-corrected chi connectivity index (χ1v) is 13.6. The highest BCUT2D eigenvalue weighted by Gasteiger charge is 2.30. The van der Waals surface area contributed by atoms with E-state index < -0.39 is 23.7 Å². The standard InChI is InChI=1S/C30H37N3O7/c1-30(2,3)40-27(35)18-32-14-16-33(17-15-32)26(34)13-12-25(28(36)37)31-29(38)39-19-24-22-10-6-4-8-20(22)21-9-5-7-11-23(21)24/h4-11,24-25H,12-19H2,1-3H3,(H,31,38)(H,36,37). The Morgan fingerprint density at radius 2 is 1.52 bits per heavy atom. The fourth-order valence-electron chi connectivity index (χ4n) is 5.18. The van der Waals surface area contributed by atoms with Gasteiger partial charge in [0.05, 0.1) is 6.54 Å². The second-order valence-electron chi connectivity index (χ2n) is 11.1. The first-order valence-electron chi connectivity index (χ1n) is 13.6. The summed E-state index contributed by atoms with van der Waals surface area (Å²) in [6.07, 6.45) is -0.930. The minimum absolute atomic E-state index is 0.0350. The van der Waals surface area contributed by atoms with Crippen LogP contribution in [0.2, 0.25) is 0 Å². The van der Waals surface area contributed by atoms with Crippen LogP contribution >= 0.6 is 0 Å². The number of benzene rings is 2. The van der Waals surface area contributed by atoms with E-state index in [0.29, 0.717) is 26.2 Å². The van der Waals surface area contributed by atoms with Crippen LogP contribution in [-0.2, 0) is 23.9 Å². The van der Waals surface area contributed by atoms with Crippen LogP contribution in [0.15, 0.2) is 48.5 Å². The van der Waals surface area contributed by atoms with Crippen LogP contribution in [0.1, 0.15) is 50.7 Å². The van der Waals surface area contributed by atoms with Crippen molar-refractivity contribution in [2.45, 2.75) is 51.2 Å². The number of aliphatic carboxylic acids is 1. The third kappa shape index (κ3) is 7.38. The number of carboxylic acids is 1. The van der Waals surface area contributed by atoms with Crippen molar-refractivity contribution in [2.24, 2.45) is 0 Å². The molecule has 0 spiro atoms. The molecule has 1 aliphatic heterocycles. The van der Waals surface area contributed by atoms with E-state index in [4.69, 9.17) is 9.47 Å². The molecule has 2 amide bonds. The van der Waals surface area contributed by atoms with E-state index in [2.05, 4.69) is 5.32 Å². The predicted octanol–water partition coefficient (Wildman–Crippen LogP) is 3.24. The van der Waals surface area contributed by atoms with Gasteiger partial charge in [0.2, 0.25) is 5.91 Å². The van der Waals surface area contributed by atoms with Crippen molar-refractivity contribution >= 4 is 23.9 Å². The maximum Gasteiger partial charge on any atom is 0.407 e. The summed E-state index contributed by atoms with van der Waals surface area (Å²) in [6.45, 7) is 7.56.